The molecule has 0 aliphatic heterocycles. The van der Waals surface area contributed by atoms with Crippen LogP contribution in [-0.4, -0.2) is 37.3 Å². The zero-order valence-electron chi connectivity index (χ0n) is 13.4. The summed E-state index contributed by atoms with van der Waals surface area (Å²) in [5.74, 6) is 2.35. The molecule has 0 atom stereocenters. The van der Waals surface area contributed by atoms with E-state index in [0.29, 0.717) is 11.3 Å². The van der Waals surface area contributed by atoms with Gasteiger partial charge in [-0.2, -0.15) is 0 Å². The van der Waals surface area contributed by atoms with E-state index in [1.165, 1.54) is 12.8 Å². The second kappa shape index (κ2) is 5.60. The molecular formula is C17H23N5O. The van der Waals surface area contributed by atoms with Gasteiger partial charge in [-0.1, -0.05) is 0 Å². The lowest BCUT2D eigenvalue weighted by Gasteiger charge is -2.30. The molecule has 0 amide bonds. The maximum atomic E-state index is 9.45. The van der Waals surface area contributed by atoms with Crippen LogP contribution in [0.1, 0.15) is 43.1 Å². The molecule has 0 radical (unpaired) electrons. The molecule has 2 N–H and O–H groups in total. The Bertz CT molecular complexity index is 688. The van der Waals surface area contributed by atoms with Crippen molar-refractivity contribution in [2.24, 2.45) is 5.41 Å². The van der Waals surface area contributed by atoms with Gasteiger partial charge < -0.3 is 15.0 Å². The fraction of sp³-hybridized carbons (Fsp3) is 0.588. The quantitative estimate of drug-likeness (QED) is 0.854. The molecule has 0 unspecified atom stereocenters. The number of imidazole rings is 1. The van der Waals surface area contributed by atoms with Crippen molar-refractivity contribution in [3.8, 4) is 0 Å². The van der Waals surface area contributed by atoms with Gasteiger partial charge >= 0.3 is 0 Å². The van der Waals surface area contributed by atoms with Crippen LogP contribution in [0.5, 0.6) is 0 Å². The molecule has 2 aromatic heterocycles. The summed E-state index contributed by atoms with van der Waals surface area (Å²) in [6.45, 7) is 3.99. The van der Waals surface area contributed by atoms with Crippen LogP contribution in [0.15, 0.2) is 24.8 Å². The van der Waals surface area contributed by atoms with Gasteiger partial charge in [0.05, 0.1) is 6.10 Å². The molecule has 2 aliphatic carbocycles. The van der Waals surface area contributed by atoms with Crippen molar-refractivity contribution in [2.45, 2.75) is 51.2 Å². The average molecular weight is 313 g/mol. The minimum Gasteiger partial charge on any atom is -0.393 e. The van der Waals surface area contributed by atoms with Gasteiger partial charge in [0, 0.05) is 48.6 Å². The van der Waals surface area contributed by atoms with Gasteiger partial charge in [0.25, 0.3) is 0 Å². The fourth-order valence-corrected chi connectivity index (χ4v) is 3.30. The summed E-state index contributed by atoms with van der Waals surface area (Å²) < 4.78 is 2.23. The molecular weight excluding hydrogens is 290 g/mol. The third-order valence-electron chi connectivity index (χ3n) is 5.25. The summed E-state index contributed by atoms with van der Waals surface area (Å²) in [4.78, 5) is 13.0. The van der Waals surface area contributed by atoms with Crippen LogP contribution in [0.3, 0.4) is 0 Å². The van der Waals surface area contributed by atoms with Crippen molar-refractivity contribution in [3.63, 3.8) is 0 Å². The normalized spacial score (nSPS) is 25.0. The highest BCUT2D eigenvalue weighted by molar-refractivity contribution is 5.37. The van der Waals surface area contributed by atoms with Crippen LogP contribution in [0.25, 0.3) is 0 Å². The zero-order valence-corrected chi connectivity index (χ0v) is 13.4. The molecule has 2 aliphatic rings. The molecule has 0 aromatic carbocycles. The van der Waals surface area contributed by atoms with E-state index in [2.05, 4.69) is 31.0 Å². The number of aliphatic hydroxyl groups is 1. The molecule has 0 saturated heterocycles. The second-order valence-electron chi connectivity index (χ2n) is 7.11. The smallest absolute Gasteiger partial charge is 0.129 e. The maximum absolute atomic E-state index is 9.45. The predicted octanol–water partition coefficient (Wildman–Crippen LogP) is 2.11. The summed E-state index contributed by atoms with van der Waals surface area (Å²) in [5.41, 5.74) is 1.37. The Kier molecular flexibility index (Phi) is 3.56. The van der Waals surface area contributed by atoms with Crippen LogP contribution >= 0.6 is 0 Å². The van der Waals surface area contributed by atoms with Crippen LogP contribution in [0, 0.1) is 12.3 Å². The number of hydrogen-bond acceptors (Lipinski definition) is 5. The molecule has 2 saturated carbocycles. The van der Waals surface area contributed by atoms with Gasteiger partial charge in [0.15, 0.2) is 0 Å². The Labute approximate surface area is 136 Å². The number of aliphatic hydroxyl groups excluding tert-OH is 1. The van der Waals surface area contributed by atoms with Crippen LogP contribution < -0.4 is 5.32 Å². The molecule has 4 rings (SSSR count). The predicted molar refractivity (Wildman–Crippen MR) is 87.1 cm³/mol. The zero-order chi connectivity index (χ0) is 15.9. The van der Waals surface area contributed by atoms with Crippen molar-refractivity contribution in [1.82, 2.24) is 19.5 Å². The Balaban J connectivity index is 1.37. The summed E-state index contributed by atoms with van der Waals surface area (Å²) in [6, 6.07) is 2.04. The molecule has 6 heteroatoms. The molecule has 2 aromatic rings. The first-order chi connectivity index (χ1) is 11.1. The van der Waals surface area contributed by atoms with E-state index in [-0.39, 0.29) is 6.10 Å². The van der Waals surface area contributed by atoms with E-state index in [4.69, 9.17) is 0 Å². The molecule has 2 heterocycles. The van der Waals surface area contributed by atoms with Crippen LogP contribution in [-0.2, 0) is 6.54 Å². The standard InChI is InChI=1S/C17H23N5O/c1-12-18-4-5-22(12)10-17(2-3-17)9-19-16-8-15(20-11-21-16)13-6-14(23)7-13/h4-5,8,11,13-14,23H,2-3,6-7,9-10H2,1H3,(H,19,20,21). The van der Waals surface area contributed by atoms with E-state index in [9.17, 15) is 5.11 Å². The lowest BCUT2D eigenvalue weighted by Crippen LogP contribution is -2.27. The number of aryl methyl sites for hydroxylation is 1. The first-order valence-electron chi connectivity index (χ1n) is 8.35. The van der Waals surface area contributed by atoms with Crippen molar-refractivity contribution >= 4 is 5.82 Å². The lowest BCUT2D eigenvalue weighted by molar-refractivity contribution is 0.0732. The summed E-state index contributed by atoms with van der Waals surface area (Å²) in [5, 5.41) is 12.9. The minimum atomic E-state index is -0.153. The first-order valence-corrected chi connectivity index (χ1v) is 8.35. The second-order valence-corrected chi connectivity index (χ2v) is 7.11. The molecule has 0 bridgehead atoms. The number of aromatic nitrogens is 4. The highest BCUT2D eigenvalue weighted by Gasteiger charge is 2.43. The first kappa shape index (κ1) is 14.6. The van der Waals surface area contributed by atoms with E-state index >= 15 is 0 Å². The highest BCUT2D eigenvalue weighted by Crippen LogP contribution is 2.47. The van der Waals surface area contributed by atoms with Crippen molar-refractivity contribution in [2.75, 3.05) is 11.9 Å². The van der Waals surface area contributed by atoms with E-state index in [0.717, 1.165) is 43.3 Å². The van der Waals surface area contributed by atoms with Crippen LogP contribution in [0.4, 0.5) is 5.82 Å². The van der Waals surface area contributed by atoms with Crippen molar-refractivity contribution in [1.29, 1.82) is 0 Å². The topological polar surface area (TPSA) is 75.9 Å². The number of nitrogens with zero attached hydrogens (tertiary/aromatic N) is 4. The van der Waals surface area contributed by atoms with Crippen molar-refractivity contribution in [3.05, 3.63) is 36.3 Å². The highest BCUT2D eigenvalue weighted by atomic mass is 16.3. The molecule has 6 nitrogen and oxygen atoms in total. The number of nitrogens with one attached hydrogen (secondary N) is 1. The number of hydrogen-bond donors (Lipinski definition) is 2. The Morgan fingerprint density at radius 1 is 1.30 bits per heavy atom. The third-order valence-corrected chi connectivity index (χ3v) is 5.25. The third kappa shape index (κ3) is 3.08. The minimum absolute atomic E-state index is 0.153. The van der Waals surface area contributed by atoms with E-state index < -0.39 is 0 Å². The van der Waals surface area contributed by atoms with Gasteiger partial charge in [0.1, 0.15) is 18.0 Å². The SMILES string of the molecule is Cc1nccn1CC1(CNc2cc(C3CC(O)C3)ncn2)CC1. The summed E-state index contributed by atoms with van der Waals surface area (Å²) in [6.07, 6.45) is 9.51. The maximum Gasteiger partial charge on any atom is 0.129 e. The van der Waals surface area contributed by atoms with Gasteiger partial charge in [0.2, 0.25) is 0 Å². The van der Waals surface area contributed by atoms with Gasteiger partial charge in [-0.05, 0) is 32.6 Å². The summed E-state index contributed by atoms with van der Waals surface area (Å²) >= 11 is 0. The largest absolute Gasteiger partial charge is 0.393 e. The van der Waals surface area contributed by atoms with Gasteiger partial charge in [-0.25, -0.2) is 15.0 Å². The van der Waals surface area contributed by atoms with Gasteiger partial charge in [-0.15, -0.1) is 0 Å². The Hall–Kier alpha value is -1.95. The van der Waals surface area contributed by atoms with E-state index in [1.54, 1.807) is 6.33 Å². The number of rotatable bonds is 6. The molecule has 2 fully saturated rings. The fourth-order valence-electron chi connectivity index (χ4n) is 3.30. The lowest BCUT2D eigenvalue weighted by atomic mass is 9.80. The average Bonchev–Trinajstić information content (AvgIpc) is 3.18. The Morgan fingerprint density at radius 2 is 2.13 bits per heavy atom. The number of anilines is 1. The monoisotopic (exact) mass is 313 g/mol. The summed E-state index contributed by atoms with van der Waals surface area (Å²) in [7, 11) is 0. The van der Waals surface area contributed by atoms with E-state index in [1.807, 2.05) is 19.2 Å². The Morgan fingerprint density at radius 3 is 2.78 bits per heavy atom. The molecule has 122 valence electrons. The molecule has 0 spiro atoms. The van der Waals surface area contributed by atoms with Crippen molar-refractivity contribution < 1.29 is 5.11 Å². The molecule has 23 heavy (non-hydrogen) atoms. The van der Waals surface area contributed by atoms with Crippen LogP contribution in [0.2, 0.25) is 0 Å². The van der Waals surface area contributed by atoms with Gasteiger partial charge in [-0.3, -0.25) is 0 Å².